The van der Waals surface area contributed by atoms with Gasteiger partial charge in [-0.25, -0.2) is 0 Å². The SMILES string of the molecule is CC(C)C(C=O)C(C)(C)C=O. The van der Waals surface area contributed by atoms with Crippen molar-refractivity contribution in [1.82, 2.24) is 0 Å². The Bertz CT molecular complexity index is 148. The molecule has 64 valence electrons. The van der Waals surface area contributed by atoms with Crippen LogP contribution in [0.4, 0.5) is 0 Å². The number of rotatable bonds is 4. The molecule has 0 aromatic heterocycles. The van der Waals surface area contributed by atoms with E-state index in [4.69, 9.17) is 0 Å². The molecule has 1 unspecified atom stereocenters. The third kappa shape index (κ3) is 2.45. The van der Waals surface area contributed by atoms with Gasteiger partial charge in [-0.2, -0.15) is 0 Å². The number of carbonyl (C=O) groups is 2. The molecule has 1 atom stereocenters. The highest BCUT2D eigenvalue weighted by atomic mass is 16.1. The topological polar surface area (TPSA) is 34.1 Å². The number of aldehydes is 2. The monoisotopic (exact) mass is 156 g/mol. The van der Waals surface area contributed by atoms with E-state index in [1.807, 2.05) is 13.8 Å². The second-order valence-electron chi connectivity index (χ2n) is 3.85. The molecule has 0 saturated heterocycles. The van der Waals surface area contributed by atoms with Crippen molar-refractivity contribution >= 4 is 12.6 Å². The zero-order valence-electron chi connectivity index (χ0n) is 7.63. The Hall–Kier alpha value is -0.660. The molecule has 0 spiro atoms. The Labute approximate surface area is 68.0 Å². The van der Waals surface area contributed by atoms with Gasteiger partial charge in [-0.05, 0) is 5.92 Å². The van der Waals surface area contributed by atoms with Crippen molar-refractivity contribution in [3.63, 3.8) is 0 Å². The molecular formula is C9H16O2. The average Bonchev–Trinajstić information content (AvgIpc) is 1.88. The molecule has 0 aliphatic carbocycles. The van der Waals surface area contributed by atoms with Gasteiger partial charge in [-0.3, -0.25) is 0 Å². The number of carbonyl (C=O) groups excluding carboxylic acids is 2. The summed E-state index contributed by atoms with van der Waals surface area (Å²) in [5.74, 6) is 0.0627. The third-order valence-corrected chi connectivity index (χ3v) is 2.03. The third-order valence-electron chi connectivity index (χ3n) is 2.03. The van der Waals surface area contributed by atoms with Gasteiger partial charge in [-0.15, -0.1) is 0 Å². The summed E-state index contributed by atoms with van der Waals surface area (Å²) in [5.41, 5.74) is -0.518. The van der Waals surface area contributed by atoms with Crippen molar-refractivity contribution < 1.29 is 9.59 Å². The maximum absolute atomic E-state index is 10.6. The summed E-state index contributed by atoms with van der Waals surface area (Å²) in [5, 5.41) is 0. The van der Waals surface area contributed by atoms with Gasteiger partial charge in [0, 0.05) is 11.3 Å². The van der Waals surface area contributed by atoms with Crippen molar-refractivity contribution in [3.8, 4) is 0 Å². The zero-order chi connectivity index (χ0) is 9.07. The van der Waals surface area contributed by atoms with E-state index in [2.05, 4.69) is 0 Å². The van der Waals surface area contributed by atoms with E-state index in [0.29, 0.717) is 0 Å². The van der Waals surface area contributed by atoms with E-state index >= 15 is 0 Å². The highest BCUT2D eigenvalue weighted by Gasteiger charge is 2.30. The highest BCUT2D eigenvalue weighted by Crippen LogP contribution is 2.28. The summed E-state index contributed by atoms with van der Waals surface area (Å²) < 4.78 is 0. The van der Waals surface area contributed by atoms with Crippen LogP contribution in [0.25, 0.3) is 0 Å². The van der Waals surface area contributed by atoms with Gasteiger partial charge in [0.25, 0.3) is 0 Å². The van der Waals surface area contributed by atoms with Crippen LogP contribution in [-0.2, 0) is 9.59 Å². The van der Waals surface area contributed by atoms with Gasteiger partial charge in [0.15, 0.2) is 0 Å². The van der Waals surface area contributed by atoms with Crippen LogP contribution in [0.2, 0.25) is 0 Å². The largest absolute Gasteiger partial charge is 0.303 e. The van der Waals surface area contributed by atoms with E-state index in [1.54, 1.807) is 13.8 Å². The van der Waals surface area contributed by atoms with Crippen LogP contribution in [0.5, 0.6) is 0 Å². The summed E-state index contributed by atoms with van der Waals surface area (Å²) in [7, 11) is 0. The molecule has 2 nitrogen and oxygen atoms in total. The van der Waals surface area contributed by atoms with E-state index in [9.17, 15) is 9.59 Å². The van der Waals surface area contributed by atoms with Gasteiger partial charge in [-0.1, -0.05) is 27.7 Å². The van der Waals surface area contributed by atoms with Crippen LogP contribution in [0.15, 0.2) is 0 Å². The van der Waals surface area contributed by atoms with Crippen LogP contribution in [0.3, 0.4) is 0 Å². The Morgan fingerprint density at radius 1 is 1.18 bits per heavy atom. The fourth-order valence-corrected chi connectivity index (χ4v) is 1.27. The number of hydrogen-bond donors (Lipinski definition) is 0. The molecule has 0 saturated carbocycles. The fraction of sp³-hybridized carbons (Fsp3) is 0.778. The standard InChI is InChI=1S/C9H16O2/c1-7(2)8(5-10)9(3,4)6-11/h5-8H,1-4H3. The fourth-order valence-electron chi connectivity index (χ4n) is 1.27. The lowest BCUT2D eigenvalue weighted by atomic mass is 9.75. The Morgan fingerprint density at radius 2 is 1.64 bits per heavy atom. The molecule has 0 heterocycles. The maximum Gasteiger partial charge on any atom is 0.126 e. The lowest BCUT2D eigenvalue weighted by Crippen LogP contribution is -2.30. The molecule has 0 bridgehead atoms. The van der Waals surface area contributed by atoms with Gasteiger partial charge < -0.3 is 9.59 Å². The maximum atomic E-state index is 10.6. The molecule has 0 fully saturated rings. The van der Waals surface area contributed by atoms with Crippen molar-refractivity contribution in [1.29, 1.82) is 0 Å². The molecular weight excluding hydrogens is 140 g/mol. The van der Waals surface area contributed by atoms with Gasteiger partial charge in [0.05, 0.1) is 0 Å². The molecule has 0 amide bonds. The van der Waals surface area contributed by atoms with Crippen LogP contribution in [0.1, 0.15) is 27.7 Å². The molecule has 0 aromatic carbocycles. The lowest BCUT2D eigenvalue weighted by molar-refractivity contribution is -0.125. The molecule has 0 rings (SSSR count). The molecule has 0 aliphatic rings. The smallest absolute Gasteiger partial charge is 0.126 e. The van der Waals surface area contributed by atoms with Crippen molar-refractivity contribution in [2.45, 2.75) is 27.7 Å². The van der Waals surface area contributed by atoms with Crippen molar-refractivity contribution in [2.24, 2.45) is 17.3 Å². The van der Waals surface area contributed by atoms with Crippen LogP contribution in [-0.4, -0.2) is 12.6 Å². The Balaban J connectivity index is 4.48. The normalized spacial score (nSPS) is 14.6. The molecule has 0 N–H and O–H groups in total. The molecule has 0 aliphatic heterocycles. The van der Waals surface area contributed by atoms with E-state index in [-0.39, 0.29) is 11.8 Å². The number of hydrogen-bond acceptors (Lipinski definition) is 2. The molecule has 2 heteroatoms. The second kappa shape index (κ2) is 3.65. The van der Waals surface area contributed by atoms with Gasteiger partial charge >= 0.3 is 0 Å². The summed E-state index contributed by atoms with van der Waals surface area (Å²) >= 11 is 0. The van der Waals surface area contributed by atoms with Crippen LogP contribution in [0, 0.1) is 17.3 Å². The molecule has 11 heavy (non-hydrogen) atoms. The lowest BCUT2D eigenvalue weighted by Gasteiger charge is -2.27. The Morgan fingerprint density at radius 3 is 1.73 bits per heavy atom. The molecule has 0 aromatic rings. The summed E-state index contributed by atoms with van der Waals surface area (Å²) in [6, 6.07) is 0. The summed E-state index contributed by atoms with van der Waals surface area (Å²) in [4.78, 5) is 21.2. The predicted molar refractivity (Wildman–Crippen MR) is 44.2 cm³/mol. The first-order valence-electron chi connectivity index (χ1n) is 3.87. The van der Waals surface area contributed by atoms with Gasteiger partial charge in [0.1, 0.15) is 12.6 Å². The summed E-state index contributed by atoms with van der Waals surface area (Å²) in [6.07, 6.45) is 1.73. The first kappa shape index (κ1) is 10.3. The second-order valence-corrected chi connectivity index (χ2v) is 3.85. The highest BCUT2D eigenvalue weighted by molar-refractivity contribution is 5.68. The van der Waals surface area contributed by atoms with Crippen molar-refractivity contribution in [2.75, 3.05) is 0 Å². The van der Waals surface area contributed by atoms with E-state index in [0.717, 1.165) is 12.6 Å². The quantitative estimate of drug-likeness (QED) is 0.580. The first-order valence-corrected chi connectivity index (χ1v) is 3.87. The van der Waals surface area contributed by atoms with Crippen LogP contribution >= 0.6 is 0 Å². The first-order chi connectivity index (χ1) is 4.95. The minimum Gasteiger partial charge on any atom is -0.303 e. The zero-order valence-corrected chi connectivity index (χ0v) is 7.63. The van der Waals surface area contributed by atoms with Gasteiger partial charge in [0.2, 0.25) is 0 Å². The van der Waals surface area contributed by atoms with E-state index < -0.39 is 5.41 Å². The summed E-state index contributed by atoms with van der Waals surface area (Å²) in [6.45, 7) is 7.48. The molecule has 0 radical (unpaired) electrons. The minimum absolute atomic E-state index is 0.167. The van der Waals surface area contributed by atoms with Crippen LogP contribution < -0.4 is 0 Å². The average molecular weight is 156 g/mol. The Kier molecular flexibility index (Phi) is 3.43. The van der Waals surface area contributed by atoms with E-state index in [1.165, 1.54) is 0 Å². The van der Waals surface area contributed by atoms with Crippen molar-refractivity contribution in [3.05, 3.63) is 0 Å². The minimum atomic E-state index is -0.518. The predicted octanol–water partition coefficient (Wildman–Crippen LogP) is 1.68.